The van der Waals surface area contributed by atoms with E-state index < -0.39 is 18.5 Å². The van der Waals surface area contributed by atoms with Crippen molar-refractivity contribution in [2.24, 2.45) is 0 Å². The van der Waals surface area contributed by atoms with Gasteiger partial charge in [-0.3, -0.25) is 9.59 Å². The molecule has 2 amide bonds. The number of carbonyl (C=O) groups is 3. The van der Waals surface area contributed by atoms with E-state index in [2.05, 4.69) is 15.6 Å². The van der Waals surface area contributed by atoms with Gasteiger partial charge in [0.05, 0.1) is 7.11 Å². The maximum absolute atomic E-state index is 11.8. The number of amides is 2. The number of esters is 1. The first kappa shape index (κ1) is 18.4. The summed E-state index contributed by atoms with van der Waals surface area (Å²) in [5, 5.41) is 6.85. The highest BCUT2D eigenvalue weighted by Crippen LogP contribution is 2.16. The SMILES string of the molecule is COc1cccc(CNC(=O)COC(=O)c2csc(NC(C)=O)n2)c1. The maximum atomic E-state index is 11.8. The number of aromatic nitrogens is 1. The zero-order chi connectivity index (χ0) is 18.2. The Morgan fingerprint density at radius 2 is 2.08 bits per heavy atom. The van der Waals surface area contributed by atoms with Gasteiger partial charge in [-0.15, -0.1) is 11.3 Å². The van der Waals surface area contributed by atoms with E-state index >= 15 is 0 Å². The van der Waals surface area contributed by atoms with Gasteiger partial charge in [0.25, 0.3) is 5.91 Å². The van der Waals surface area contributed by atoms with E-state index in [1.807, 2.05) is 12.1 Å². The summed E-state index contributed by atoms with van der Waals surface area (Å²) in [4.78, 5) is 38.4. The number of ether oxygens (including phenoxy) is 2. The number of hydrogen-bond donors (Lipinski definition) is 2. The number of nitrogens with zero attached hydrogens (tertiary/aromatic N) is 1. The third-order valence-corrected chi connectivity index (χ3v) is 3.71. The highest BCUT2D eigenvalue weighted by Gasteiger charge is 2.14. The quantitative estimate of drug-likeness (QED) is 0.724. The van der Waals surface area contributed by atoms with Crippen molar-refractivity contribution in [3.63, 3.8) is 0 Å². The van der Waals surface area contributed by atoms with Crippen LogP contribution in [0, 0.1) is 0 Å². The topological polar surface area (TPSA) is 107 Å². The molecule has 25 heavy (non-hydrogen) atoms. The third-order valence-electron chi connectivity index (χ3n) is 2.95. The highest BCUT2D eigenvalue weighted by molar-refractivity contribution is 7.14. The van der Waals surface area contributed by atoms with Crippen LogP contribution < -0.4 is 15.4 Å². The molecule has 0 unspecified atom stereocenters. The van der Waals surface area contributed by atoms with Gasteiger partial charge in [-0.2, -0.15) is 0 Å². The molecule has 1 aromatic carbocycles. The maximum Gasteiger partial charge on any atom is 0.358 e. The fourth-order valence-electron chi connectivity index (χ4n) is 1.81. The lowest BCUT2D eigenvalue weighted by atomic mass is 10.2. The first-order valence-electron chi connectivity index (χ1n) is 7.28. The van der Waals surface area contributed by atoms with Crippen molar-refractivity contribution in [2.45, 2.75) is 13.5 Å². The number of thiazole rings is 1. The minimum atomic E-state index is -0.732. The van der Waals surface area contributed by atoms with Crippen LogP contribution in [0.1, 0.15) is 23.0 Å². The molecule has 1 aromatic heterocycles. The molecule has 0 spiro atoms. The molecule has 0 fully saturated rings. The predicted molar refractivity (Wildman–Crippen MR) is 91.5 cm³/mol. The molecule has 8 nitrogen and oxygen atoms in total. The molecular formula is C16H17N3O5S. The highest BCUT2D eigenvalue weighted by atomic mass is 32.1. The van der Waals surface area contributed by atoms with Crippen LogP contribution in [0.25, 0.3) is 0 Å². The summed E-state index contributed by atoms with van der Waals surface area (Å²) >= 11 is 1.10. The molecule has 0 saturated heterocycles. The number of carbonyl (C=O) groups excluding carboxylic acids is 3. The molecule has 2 N–H and O–H groups in total. The van der Waals surface area contributed by atoms with Crippen LogP contribution in [0.2, 0.25) is 0 Å². The van der Waals surface area contributed by atoms with Crippen LogP contribution in [0.5, 0.6) is 5.75 Å². The van der Waals surface area contributed by atoms with Gasteiger partial charge < -0.3 is 20.1 Å². The lowest BCUT2D eigenvalue weighted by Crippen LogP contribution is -2.28. The smallest absolute Gasteiger partial charge is 0.358 e. The van der Waals surface area contributed by atoms with Gasteiger partial charge in [0, 0.05) is 18.8 Å². The van der Waals surface area contributed by atoms with E-state index in [9.17, 15) is 14.4 Å². The second-order valence-electron chi connectivity index (χ2n) is 4.92. The molecule has 2 rings (SSSR count). The molecule has 2 aromatic rings. The Morgan fingerprint density at radius 1 is 1.28 bits per heavy atom. The largest absolute Gasteiger partial charge is 0.497 e. The van der Waals surface area contributed by atoms with Gasteiger partial charge in [-0.05, 0) is 17.7 Å². The molecule has 132 valence electrons. The first-order valence-corrected chi connectivity index (χ1v) is 8.15. The van der Waals surface area contributed by atoms with E-state index in [0.717, 1.165) is 16.9 Å². The Balaban J connectivity index is 1.78. The Bertz CT molecular complexity index is 775. The van der Waals surface area contributed by atoms with Gasteiger partial charge in [-0.25, -0.2) is 9.78 Å². The lowest BCUT2D eigenvalue weighted by molar-refractivity contribution is -0.124. The fraction of sp³-hybridized carbons (Fsp3) is 0.250. The molecule has 9 heteroatoms. The molecule has 1 heterocycles. The summed E-state index contributed by atoms with van der Waals surface area (Å²) in [5.74, 6) is -0.763. The Labute approximate surface area is 148 Å². The van der Waals surface area contributed by atoms with E-state index in [-0.39, 0.29) is 18.1 Å². The number of benzene rings is 1. The van der Waals surface area contributed by atoms with Crippen LogP contribution >= 0.6 is 11.3 Å². The van der Waals surface area contributed by atoms with Crippen molar-refractivity contribution in [3.8, 4) is 5.75 Å². The summed E-state index contributed by atoms with van der Waals surface area (Å²) in [7, 11) is 1.56. The summed E-state index contributed by atoms with van der Waals surface area (Å²) in [6.45, 7) is 1.21. The second-order valence-corrected chi connectivity index (χ2v) is 5.78. The van der Waals surface area contributed by atoms with E-state index in [1.54, 1.807) is 19.2 Å². The number of methoxy groups -OCH3 is 1. The zero-order valence-electron chi connectivity index (χ0n) is 13.7. The average Bonchev–Trinajstić information content (AvgIpc) is 3.05. The van der Waals surface area contributed by atoms with Crippen molar-refractivity contribution < 1.29 is 23.9 Å². The van der Waals surface area contributed by atoms with Crippen LogP contribution in [0.3, 0.4) is 0 Å². The molecular weight excluding hydrogens is 346 g/mol. The Kier molecular flexibility index (Phi) is 6.47. The minimum absolute atomic E-state index is 0.0364. The monoisotopic (exact) mass is 363 g/mol. The summed E-state index contributed by atoms with van der Waals surface area (Å²) in [6, 6.07) is 7.25. The number of anilines is 1. The van der Waals surface area contributed by atoms with Crippen molar-refractivity contribution in [3.05, 3.63) is 40.9 Å². The van der Waals surface area contributed by atoms with Gasteiger partial charge >= 0.3 is 5.97 Å². The summed E-state index contributed by atoms with van der Waals surface area (Å²) < 4.78 is 10.00. The Hall–Kier alpha value is -2.94. The standard InChI is InChI=1S/C16H17N3O5S/c1-10(20)18-16-19-13(9-25-16)15(22)24-8-14(21)17-7-11-4-3-5-12(6-11)23-2/h3-6,9H,7-8H2,1-2H3,(H,17,21)(H,18,19,20). The van der Waals surface area contributed by atoms with Crippen molar-refractivity contribution >= 4 is 34.3 Å². The van der Waals surface area contributed by atoms with Crippen LogP contribution in [-0.2, 0) is 20.9 Å². The average molecular weight is 363 g/mol. The van der Waals surface area contributed by atoms with Crippen LogP contribution in [0.4, 0.5) is 5.13 Å². The number of hydrogen-bond acceptors (Lipinski definition) is 7. The van der Waals surface area contributed by atoms with Gasteiger partial charge in [0.2, 0.25) is 5.91 Å². The number of nitrogens with one attached hydrogen (secondary N) is 2. The van der Waals surface area contributed by atoms with Crippen molar-refractivity contribution in [2.75, 3.05) is 19.0 Å². The molecule has 0 bridgehead atoms. The third kappa shape index (κ3) is 5.88. The normalized spacial score (nSPS) is 10.0. The van der Waals surface area contributed by atoms with Gasteiger partial charge in [-0.1, -0.05) is 12.1 Å². The van der Waals surface area contributed by atoms with Gasteiger partial charge in [0.1, 0.15) is 5.75 Å². The van der Waals surface area contributed by atoms with E-state index in [0.29, 0.717) is 10.9 Å². The van der Waals surface area contributed by atoms with Gasteiger partial charge in [0.15, 0.2) is 17.4 Å². The molecule has 0 atom stereocenters. The number of rotatable bonds is 7. The summed E-state index contributed by atoms with van der Waals surface area (Å²) in [6.07, 6.45) is 0. The Morgan fingerprint density at radius 3 is 2.80 bits per heavy atom. The van der Waals surface area contributed by atoms with Crippen molar-refractivity contribution in [1.29, 1.82) is 0 Å². The zero-order valence-corrected chi connectivity index (χ0v) is 14.5. The second kappa shape index (κ2) is 8.78. The fourth-order valence-corrected chi connectivity index (χ4v) is 2.54. The van der Waals surface area contributed by atoms with E-state index in [4.69, 9.17) is 9.47 Å². The lowest BCUT2D eigenvalue weighted by Gasteiger charge is -2.07. The first-order chi connectivity index (χ1) is 12.0. The minimum Gasteiger partial charge on any atom is -0.497 e. The van der Waals surface area contributed by atoms with Crippen molar-refractivity contribution in [1.82, 2.24) is 10.3 Å². The molecule has 0 saturated carbocycles. The molecule has 0 aliphatic heterocycles. The molecule has 0 aliphatic carbocycles. The molecule has 0 aliphatic rings. The van der Waals surface area contributed by atoms with Crippen LogP contribution in [-0.4, -0.2) is 36.5 Å². The summed E-state index contributed by atoms with van der Waals surface area (Å²) in [5.41, 5.74) is 0.896. The van der Waals surface area contributed by atoms with E-state index in [1.165, 1.54) is 12.3 Å². The van der Waals surface area contributed by atoms with Crippen LogP contribution in [0.15, 0.2) is 29.6 Å². The molecule has 0 radical (unpaired) electrons. The predicted octanol–water partition coefficient (Wildman–Crippen LogP) is 1.58.